The molecular weight excluding hydrogens is 395 g/mol. The molecule has 0 radical (unpaired) electrons. The summed E-state index contributed by atoms with van der Waals surface area (Å²) in [5.41, 5.74) is 7.80. The second-order valence-electron chi connectivity index (χ2n) is 4.02. The monoisotopic (exact) mass is 406 g/mol. The van der Waals surface area contributed by atoms with Crippen molar-refractivity contribution in [2.75, 3.05) is 5.73 Å². The van der Waals surface area contributed by atoms with E-state index in [1.54, 1.807) is 0 Å². The third-order valence-electron chi connectivity index (χ3n) is 2.42. The van der Waals surface area contributed by atoms with Crippen LogP contribution in [0, 0.1) is 3.57 Å². The average molecular weight is 407 g/mol. The highest BCUT2D eigenvalue weighted by molar-refractivity contribution is 14.1. The molecule has 0 bridgehead atoms. The summed E-state index contributed by atoms with van der Waals surface area (Å²) in [5, 5.41) is 8.08. The SMILES string of the molecule is CC(C)c1c(N)nnn1-c1cc(Br)ccc1I. The number of rotatable bonds is 2. The van der Waals surface area contributed by atoms with Gasteiger partial charge in [0.05, 0.1) is 11.4 Å². The molecule has 2 N–H and O–H groups in total. The molecule has 2 rings (SSSR count). The van der Waals surface area contributed by atoms with Crippen LogP contribution in [0.2, 0.25) is 0 Å². The van der Waals surface area contributed by atoms with Crippen LogP contribution in [0.15, 0.2) is 22.7 Å². The first-order chi connectivity index (χ1) is 8.00. The normalized spacial score (nSPS) is 11.1. The lowest BCUT2D eigenvalue weighted by Gasteiger charge is -2.11. The summed E-state index contributed by atoms with van der Waals surface area (Å²) in [5.74, 6) is 0.774. The average Bonchev–Trinajstić information content (AvgIpc) is 2.64. The van der Waals surface area contributed by atoms with Gasteiger partial charge in [0, 0.05) is 8.04 Å². The van der Waals surface area contributed by atoms with Crippen LogP contribution < -0.4 is 5.73 Å². The Labute approximate surface area is 122 Å². The van der Waals surface area contributed by atoms with Crippen LogP contribution in [-0.2, 0) is 0 Å². The highest BCUT2D eigenvalue weighted by Crippen LogP contribution is 2.27. The maximum atomic E-state index is 5.86. The lowest BCUT2D eigenvalue weighted by Crippen LogP contribution is -2.07. The number of nitrogens with two attached hydrogens (primary N) is 1. The van der Waals surface area contributed by atoms with Gasteiger partial charge in [-0.05, 0) is 46.7 Å². The Balaban J connectivity index is 2.64. The Morgan fingerprint density at radius 3 is 2.76 bits per heavy atom. The summed E-state index contributed by atoms with van der Waals surface area (Å²) in [6.45, 7) is 4.16. The topological polar surface area (TPSA) is 56.7 Å². The standard InChI is InChI=1S/C11H12BrIN4/c1-6(2)10-11(14)15-16-17(10)9-5-7(12)3-4-8(9)13/h3-6H,14H2,1-2H3. The molecule has 0 atom stereocenters. The summed E-state index contributed by atoms with van der Waals surface area (Å²) < 4.78 is 3.93. The summed E-state index contributed by atoms with van der Waals surface area (Å²) in [6, 6.07) is 6.05. The van der Waals surface area contributed by atoms with Crippen LogP contribution >= 0.6 is 38.5 Å². The molecule has 0 aliphatic heterocycles. The molecule has 0 amide bonds. The van der Waals surface area contributed by atoms with Crippen LogP contribution in [-0.4, -0.2) is 15.0 Å². The predicted octanol–water partition coefficient (Wildman–Crippen LogP) is 3.34. The van der Waals surface area contributed by atoms with Gasteiger partial charge in [0.1, 0.15) is 0 Å². The van der Waals surface area contributed by atoms with Crippen molar-refractivity contribution < 1.29 is 0 Å². The number of aromatic nitrogens is 3. The molecule has 6 heteroatoms. The van der Waals surface area contributed by atoms with E-state index in [9.17, 15) is 0 Å². The highest BCUT2D eigenvalue weighted by atomic mass is 127. The highest BCUT2D eigenvalue weighted by Gasteiger charge is 2.16. The third kappa shape index (κ3) is 2.47. The van der Waals surface area contributed by atoms with E-state index in [0.29, 0.717) is 5.82 Å². The second-order valence-corrected chi connectivity index (χ2v) is 6.10. The zero-order valence-electron chi connectivity index (χ0n) is 9.48. The summed E-state index contributed by atoms with van der Waals surface area (Å²) in [6.07, 6.45) is 0. The van der Waals surface area contributed by atoms with Crippen molar-refractivity contribution in [2.24, 2.45) is 0 Å². The van der Waals surface area contributed by atoms with Gasteiger partial charge in [0.2, 0.25) is 0 Å². The lowest BCUT2D eigenvalue weighted by molar-refractivity contribution is 0.713. The molecule has 0 saturated heterocycles. The van der Waals surface area contributed by atoms with Gasteiger partial charge >= 0.3 is 0 Å². The van der Waals surface area contributed by atoms with E-state index in [1.165, 1.54) is 0 Å². The molecule has 0 aliphatic rings. The molecule has 90 valence electrons. The van der Waals surface area contributed by atoms with Gasteiger partial charge in [-0.1, -0.05) is 35.0 Å². The fraction of sp³-hybridized carbons (Fsp3) is 0.273. The first-order valence-corrected chi connectivity index (χ1v) is 7.04. The zero-order chi connectivity index (χ0) is 12.6. The van der Waals surface area contributed by atoms with E-state index in [0.717, 1.165) is 19.4 Å². The van der Waals surface area contributed by atoms with Crippen LogP contribution in [0.25, 0.3) is 5.69 Å². The zero-order valence-corrected chi connectivity index (χ0v) is 13.2. The first kappa shape index (κ1) is 12.8. The van der Waals surface area contributed by atoms with Crippen molar-refractivity contribution in [3.63, 3.8) is 0 Å². The van der Waals surface area contributed by atoms with Crippen molar-refractivity contribution in [2.45, 2.75) is 19.8 Å². The molecule has 0 saturated carbocycles. The number of anilines is 1. The van der Waals surface area contributed by atoms with E-state index >= 15 is 0 Å². The van der Waals surface area contributed by atoms with E-state index in [1.807, 2.05) is 22.9 Å². The fourth-order valence-electron chi connectivity index (χ4n) is 1.67. The molecule has 1 heterocycles. The number of halogens is 2. The Kier molecular flexibility index (Phi) is 3.72. The van der Waals surface area contributed by atoms with Crippen molar-refractivity contribution in [3.8, 4) is 5.69 Å². The summed E-state index contributed by atoms with van der Waals surface area (Å²) >= 11 is 5.75. The van der Waals surface area contributed by atoms with Gasteiger partial charge in [-0.2, -0.15) is 0 Å². The molecule has 0 aliphatic carbocycles. The Hall–Kier alpha value is -0.630. The van der Waals surface area contributed by atoms with Crippen LogP contribution in [0.5, 0.6) is 0 Å². The van der Waals surface area contributed by atoms with E-state index in [-0.39, 0.29) is 5.92 Å². The number of nitrogens with zero attached hydrogens (tertiary/aromatic N) is 3. The van der Waals surface area contributed by atoms with Gasteiger partial charge in [-0.25, -0.2) is 4.68 Å². The minimum absolute atomic E-state index is 0.278. The van der Waals surface area contributed by atoms with Gasteiger partial charge in [0.15, 0.2) is 5.82 Å². The molecule has 0 fully saturated rings. The maximum absolute atomic E-state index is 5.86. The van der Waals surface area contributed by atoms with Crippen LogP contribution in [0.4, 0.5) is 5.82 Å². The number of benzene rings is 1. The van der Waals surface area contributed by atoms with E-state index < -0.39 is 0 Å². The van der Waals surface area contributed by atoms with Crippen LogP contribution in [0.1, 0.15) is 25.5 Å². The molecule has 0 unspecified atom stereocenters. The largest absolute Gasteiger partial charge is 0.381 e. The minimum atomic E-state index is 0.278. The molecule has 1 aromatic carbocycles. The molecule has 2 aromatic rings. The van der Waals surface area contributed by atoms with Gasteiger partial charge < -0.3 is 5.73 Å². The van der Waals surface area contributed by atoms with Crippen molar-refractivity contribution >= 4 is 44.3 Å². The van der Waals surface area contributed by atoms with Gasteiger partial charge in [-0.3, -0.25) is 0 Å². The van der Waals surface area contributed by atoms with Gasteiger partial charge in [0.25, 0.3) is 0 Å². The first-order valence-electron chi connectivity index (χ1n) is 5.17. The fourth-order valence-corrected chi connectivity index (χ4v) is 2.58. The molecule has 0 spiro atoms. The lowest BCUT2D eigenvalue weighted by atomic mass is 10.1. The summed E-state index contributed by atoms with van der Waals surface area (Å²) in [4.78, 5) is 0. The number of hydrogen-bond donors (Lipinski definition) is 1. The van der Waals surface area contributed by atoms with Gasteiger partial charge in [-0.15, -0.1) is 5.10 Å². The maximum Gasteiger partial charge on any atom is 0.169 e. The molecule has 4 nitrogen and oxygen atoms in total. The van der Waals surface area contributed by atoms with E-state index in [4.69, 9.17) is 5.73 Å². The smallest absolute Gasteiger partial charge is 0.169 e. The quantitative estimate of drug-likeness (QED) is 0.778. The van der Waals surface area contributed by atoms with Crippen molar-refractivity contribution in [3.05, 3.63) is 31.9 Å². The third-order valence-corrected chi connectivity index (χ3v) is 3.82. The Morgan fingerprint density at radius 2 is 2.12 bits per heavy atom. The molecule has 17 heavy (non-hydrogen) atoms. The number of hydrogen-bond acceptors (Lipinski definition) is 3. The van der Waals surface area contributed by atoms with E-state index in [2.05, 4.69) is 62.7 Å². The molecule has 1 aromatic heterocycles. The molecular formula is C11H12BrIN4. The minimum Gasteiger partial charge on any atom is -0.381 e. The summed E-state index contributed by atoms with van der Waals surface area (Å²) in [7, 11) is 0. The predicted molar refractivity (Wildman–Crippen MR) is 80.3 cm³/mol. The van der Waals surface area contributed by atoms with Crippen LogP contribution in [0.3, 0.4) is 0 Å². The Morgan fingerprint density at radius 1 is 1.41 bits per heavy atom. The van der Waals surface area contributed by atoms with Crippen molar-refractivity contribution in [1.29, 1.82) is 0 Å². The van der Waals surface area contributed by atoms with Crippen molar-refractivity contribution in [1.82, 2.24) is 15.0 Å². The Bertz CT molecular complexity index is 550. The number of nitrogen functional groups attached to an aromatic ring is 1. The second kappa shape index (κ2) is 4.93.